The van der Waals surface area contributed by atoms with Gasteiger partial charge in [-0.15, -0.1) is 5.10 Å². The van der Waals surface area contributed by atoms with Crippen LogP contribution in [0, 0.1) is 17.1 Å². The molecule has 1 aliphatic rings. The van der Waals surface area contributed by atoms with E-state index in [9.17, 15) is 18.1 Å². The molecule has 1 saturated carbocycles. The minimum absolute atomic E-state index is 0.194. The minimum Gasteiger partial charge on any atom is -0.376 e. The summed E-state index contributed by atoms with van der Waals surface area (Å²) in [5.74, 6) is -0.550. The van der Waals surface area contributed by atoms with E-state index in [1.807, 2.05) is 47.3 Å². The van der Waals surface area contributed by atoms with Gasteiger partial charge < -0.3 is 10.6 Å². The van der Waals surface area contributed by atoms with Crippen LogP contribution in [0.4, 0.5) is 15.8 Å². The Balaban J connectivity index is 1.44. The molecule has 1 aliphatic carbocycles. The molecule has 0 bridgehead atoms. The Bertz CT molecular complexity index is 1940. The SMILES string of the molecule is CS(=O)(=O)CC(Nc1c(C#N)cnc2c(Cl)cc(NC(c3ccc(F)cc3)c3cn(C4CC4)nn3)cc12)c1ccccc1. The van der Waals surface area contributed by atoms with Gasteiger partial charge in [0, 0.05) is 23.5 Å². The van der Waals surface area contributed by atoms with Gasteiger partial charge in [0.25, 0.3) is 0 Å². The maximum absolute atomic E-state index is 13.8. The zero-order valence-corrected chi connectivity index (χ0v) is 24.6. The average Bonchev–Trinajstić information content (AvgIpc) is 3.72. The van der Waals surface area contributed by atoms with Gasteiger partial charge in [-0.1, -0.05) is 59.3 Å². The lowest BCUT2D eigenvalue weighted by Crippen LogP contribution is -2.21. The second kappa shape index (κ2) is 11.6. The van der Waals surface area contributed by atoms with Crippen LogP contribution in [0.5, 0.6) is 0 Å². The van der Waals surface area contributed by atoms with Crippen molar-refractivity contribution in [3.63, 3.8) is 0 Å². The van der Waals surface area contributed by atoms with Crippen LogP contribution >= 0.6 is 11.6 Å². The van der Waals surface area contributed by atoms with E-state index in [0.717, 1.165) is 24.0 Å². The van der Waals surface area contributed by atoms with E-state index in [4.69, 9.17) is 11.6 Å². The standard InChI is InChI=1S/C31H27ClFN7O2S/c1-43(41,42)18-28(19-5-3-2-4-6-19)37-29-21(15-34)16-35-31-25(29)13-23(14-26(31)32)36-30(20-7-9-22(33)10-8-20)27-17-40(39-38-27)24-11-12-24/h2-10,13-14,16-17,24,28,30,36H,11-12,18H2,1H3,(H,35,37). The fraction of sp³-hybridized carbons (Fsp3) is 0.226. The number of sulfone groups is 1. The van der Waals surface area contributed by atoms with Crippen molar-refractivity contribution in [2.24, 2.45) is 0 Å². The second-order valence-electron chi connectivity index (χ2n) is 10.7. The van der Waals surface area contributed by atoms with Gasteiger partial charge in [-0.3, -0.25) is 4.98 Å². The number of hydrogen-bond acceptors (Lipinski definition) is 8. The first kappa shape index (κ1) is 28.6. The van der Waals surface area contributed by atoms with E-state index >= 15 is 0 Å². The smallest absolute Gasteiger partial charge is 0.149 e. The number of nitrogens with one attached hydrogen (secondary N) is 2. The summed E-state index contributed by atoms with van der Waals surface area (Å²) < 4.78 is 40.5. The molecule has 218 valence electrons. The van der Waals surface area contributed by atoms with E-state index in [1.165, 1.54) is 24.6 Å². The van der Waals surface area contributed by atoms with Gasteiger partial charge >= 0.3 is 0 Å². The molecule has 0 aliphatic heterocycles. The highest BCUT2D eigenvalue weighted by molar-refractivity contribution is 7.90. The van der Waals surface area contributed by atoms with Crippen LogP contribution in [-0.2, 0) is 9.84 Å². The molecule has 43 heavy (non-hydrogen) atoms. The molecule has 2 N–H and O–H groups in total. The fourth-order valence-corrected chi connectivity index (χ4v) is 6.21. The molecule has 0 amide bonds. The van der Waals surface area contributed by atoms with E-state index < -0.39 is 21.9 Å². The van der Waals surface area contributed by atoms with Gasteiger partial charge in [0.05, 0.1) is 51.9 Å². The third kappa shape index (κ3) is 6.45. The fourth-order valence-electron chi connectivity index (χ4n) is 5.06. The predicted molar refractivity (Wildman–Crippen MR) is 164 cm³/mol. The number of fused-ring (bicyclic) bond motifs is 1. The third-order valence-electron chi connectivity index (χ3n) is 7.29. The summed E-state index contributed by atoms with van der Waals surface area (Å²) in [6.45, 7) is 0. The Morgan fingerprint density at radius 1 is 1.09 bits per heavy atom. The molecule has 2 aromatic heterocycles. The first-order chi connectivity index (χ1) is 20.7. The molecule has 6 rings (SSSR count). The van der Waals surface area contributed by atoms with Gasteiger partial charge in [0.2, 0.25) is 0 Å². The van der Waals surface area contributed by atoms with E-state index in [1.54, 1.807) is 18.2 Å². The summed E-state index contributed by atoms with van der Waals surface area (Å²) in [4.78, 5) is 4.43. The minimum atomic E-state index is -3.40. The molecule has 0 radical (unpaired) electrons. The highest BCUT2D eigenvalue weighted by Gasteiger charge is 2.27. The number of nitriles is 1. The Labute approximate surface area is 253 Å². The molecule has 2 unspecified atom stereocenters. The molecule has 5 aromatic rings. The summed E-state index contributed by atoms with van der Waals surface area (Å²) in [7, 11) is -3.40. The number of aromatic nitrogens is 4. The third-order valence-corrected chi connectivity index (χ3v) is 8.52. The van der Waals surface area contributed by atoms with Crippen molar-refractivity contribution >= 4 is 43.7 Å². The van der Waals surface area contributed by atoms with Crippen molar-refractivity contribution in [3.05, 3.63) is 112 Å². The van der Waals surface area contributed by atoms with Gasteiger partial charge in [-0.25, -0.2) is 17.5 Å². The Morgan fingerprint density at radius 3 is 2.51 bits per heavy atom. The number of pyridine rings is 1. The van der Waals surface area contributed by atoms with E-state index in [2.05, 4.69) is 32.0 Å². The zero-order chi connectivity index (χ0) is 30.1. The molecule has 2 atom stereocenters. The van der Waals surface area contributed by atoms with Crippen LogP contribution < -0.4 is 10.6 Å². The number of halogens is 2. The normalized spacial score (nSPS) is 14.7. The average molecular weight is 616 g/mol. The number of hydrogen-bond donors (Lipinski definition) is 2. The van der Waals surface area contributed by atoms with Crippen LogP contribution in [-0.4, -0.2) is 40.4 Å². The van der Waals surface area contributed by atoms with Crippen LogP contribution in [0.25, 0.3) is 10.9 Å². The molecular formula is C31H27ClFN7O2S. The molecule has 0 saturated heterocycles. The maximum atomic E-state index is 13.8. The first-order valence-corrected chi connectivity index (χ1v) is 16.1. The van der Waals surface area contributed by atoms with Crippen molar-refractivity contribution < 1.29 is 12.8 Å². The van der Waals surface area contributed by atoms with Crippen molar-refractivity contribution in [1.82, 2.24) is 20.0 Å². The topological polar surface area (TPSA) is 126 Å². The zero-order valence-electron chi connectivity index (χ0n) is 23.1. The lowest BCUT2D eigenvalue weighted by atomic mass is 10.0. The molecule has 2 heterocycles. The van der Waals surface area contributed by atoms with Gasteiger partial charge in [0.1, 0.15) is 27.4 Å². The lowest BCUT2D eigenvalue weighted by Gasteiger charge is -2.23. The van der Waals surface area contributed by atoms with Crippen molar-refractivity contribution in [3.8, 4) is 6.07 Å². The monoisotopic (exact) mass is 615 g/mol. The summed E-state index contributed by atoms with van der Waals surface area (Å²) >= 11 is 6.75. The number of nitrogens with zero attached hydrogens (tertiary/aromatic N) is 5. The summed E-state index contributed by atoms with van der Waals surface area (Å²) in [5.41, 5.74) is 3.84. The van der Waals surface area contributed by atoms with Crippen LogP contribution in [0.15, 0.2) is 79.1 Å². The largest absolute Gasteiger partial charge is 0.376 e. The van der Waals surface area contributed by atoms with E-state index in [0.29, 0.717) is 39.0 Å². The van der Waals surface area contributed by atoms with Crippen LogP contribution in [0.3, 0.4) is 0 Å². The van der Waals surface area contributed by atoms with Gasteiger partial charge in [0.15, 0.2) is 0 Å². The van der Waals surface area contributed by atoms with Crippen molar-refractivity contribution in [2.75, 3.05) is 22.6 Å². The van der Waals surface area contributed by atoms with E-state index in [-0.39, 0.29) is 17.1 Å². The molecule has 3 aromatic carbocycles. The predicted octanol–water partition coefficient (Wildman–Crippen LogP) is 6.22. The summed E-state index contributed by atoms with van der Waals surface area (Å²) in [6.07, 6.45) is 6.58. The van der Waals surface area contributed by atoms with Crippen LogP contribution in [0.2, 0.25) is 5.02 Å². The quantitative estimate of drug-likeness (QED) is 0.190. The Morgan fingerprint density at radius 2 is 1.84 bits per heavy atom. The summed E-state index contributed by atoms with van der Waals surface area (Å²) in [6, 6.07) is 20.2. The van der Waals surface area contributed by atoms with Crippen molar-refractivity contribution in [2.45, 2.75) is 31.0 Å². The molecule has 0 spiro atoms. The Hall–Kier alpha value is -4.53. The van der Waals surface area contributed by atoms with Crippen molar-refractivity contribution in [1.29, 1.82) is 5.26 Å². The highest BCUT2D eigenvalue weighted by atomic mass is 35.5. The summed E-state index contributed by atoms with van der Waals surface area (Å²) in [5, 5.41) is 26.4. The second-order valence-corrected chi connectivity index (χ2v) is 13.3. The van der Waals surface area contributed by atoms with Gasteiger partial charge in [-0.05, 0) is 48.2 Å². The van der Waals surface area contributed by atoms with Gasteiger partial charge in [-0.2, -0.15) is 5.26 Å². The maximum Gasteiger partial charge on any atom is 0.149 e. The highest BCUT2D eigenvalue weighted by Crippen LogP contribution is 2.38. The number of benzene rings is 3. The molecule has 9 nitrogen and oxygen atoms in total. The number of anilines is 2. The molecular weight excluding hydrogens is 589 g/mol. The number of rotatable bonds is 10. The first-order valence-electron chi connectivity index (χ1n) is 13.6. The van der Waals surface area contributed by atoms with Crippen LogP contribution in [0.1, 0.15) is 53.4 Å². The Kier molecular flexibility index (Phi) is 7.73. The molecule has 1 fully saturated rings. The molecule has 12 heteroatoms. The lowest BCUT2D eigenvalue weighted by molar-refractivity contribution is 0.597.